The van der Waals surface area contributed by atoms with Crippen molar-refractivity contribution in [2.24, 2.45) is 11.8 Å². The van der Waals surface area contributed by atoms with Gasteiger partial charge in [-0.25, -0.2) is 0 Å². The van der Waals surface area contributed by atoms with Crippen molar-refractivity contribution in [3.63, 3.8) is 0 Å². The maximum absolute atomic E-state index is 10.3. The summed E-state index contributed by atoms with van der Waals surface area (Å²) in [5.74, 6) is 1.96. The van der Waals surface area contributed by atoms with Gasteiger partial charge in [-0.15, -0.1) is 0 Å². The van der Waals surface area contributed by atoms with E-state index in [0.717, 1.165) is 48.3 Å². The molecule has 1 aliphatic carbocycles. The van der Waals surface area contributed by atoms with Gasteiger partial charge in [0.2, 0.25) is 0 Å². The Morgan fingerprint density at radius 3 is 2.95 bits per heavy atom. The molecule has 1 aromatic heterocycles. The normalized spacial score (nSPS) is 32.3. The van der Waals surface area contributed by atoms with Crippen LogP contribution in [0.15, 0.2) is 22.7 Å². The molecule has 0 unspecified atom stereocenters. The molecule has 0 amide bonds. The van der Waals surface area contributed by atoms with Crippen molar-refractivity contribution in [2.75, 3.05) is 13.1 Å². The third-order valence-electron chi connectivity index (χ3n) is 4.90. The van der Waals surface area contributed by atoms with Crippen molar-refractivity contribution in [1.29, 1.82) is 0 Å². The summed E-state index contributed by atoms with van der Waals surface area (Å²) in [7, 11) is 0. The van der Waals surface area contributed by atoms with Gasteiger partial charge in [0.15, 0.2) is 5.58 Å². The van der Waals surface area contributed by atoms with Crippen molar-refractivity contribution in [3.05, 3.63) is 23.9 Å². The van der Waals surface area contributed by atoms with E-state index in [4.69, 9.17) is 9.26 Å². The number of nitrogens with zero attached hydrogens (tertiary/aromatic N) is 1. The molecular weight excluding hydrogens is 268 g/mol. The molecule has 1 saturated carbocycles. The van der Waals surface area contributed by atoms with Crippen LogP contribution in [-0.4, -0.2) is 35.6 Å². The number of aryl methyl sites for hydroxylation is 1. The van der Waals surface area contributed by atoms with Gasteiger partial charge in [-0.2, -0.15) is 0 Å². The fourth-order valence-electron chi connectivity index (χ4n) is 3.68. The smallest absolute Gasteiger partial charge is 0.170 e. The van der Waals surface area contributed by atoms with Crippen molar-refractivity contribution in [3.8, 4) is 5.75 Å². The number of ether oxygens (including phenoxy) is 1. The predicted molar refractivity (Wildman–Crippen MR) is 78.3 cm³/mol. The summed E-state index contributed by atoms with van der Waals surface area (Å²) in [4.78, 5) is 0. The monoisotopic (exact) mass is 288 g/mol. The van der Waals surface area contributed by atoms with Crippen LogP contribution < -0.4 is 10.1 Å². The zero-order valence-corrected chi connectivity index (χ0v) is 12.1. The Bertz CT molecular complexity index is 654. The molecule has 2 N–H and O–H groups in total. The Kier molecular flexibility index (Phi) is 3.12. The number of rotatable bonds is 2. The minimum Gasteiger partial charge on any atom is -0.488 e. The van der Waals surface area contributed by atoms with Crippen LogP contribution in [0.5, 0.6) is 5.75 Å². The highest BCUT2D eigenvalue weighted by atomic mass is 16.5. The summed E-state index contributed by atoms with van der Waals surface area (Å²) < 4.78 is 11.3. The van der Waals surface area contributed by atoms with Gasteiger partial charge in [-0.3, -0.25) is 0 Å². The number of aliphatic hydroxyl groups excluding tert-OH is 1. The Hall–Kier alpha value is -1.59. The molecule has 5 heteroatoms. The van der Waals surface area contributed by atoms with E-state index < -0.39 is 6.10 Å². The SMILES string of the molecule is Cc1noc2cc(O[C@@H]3C[C@@H]4CNC[C@@H]4C[C@H]3O)ccc12. The molecule has 5 nitrogen and oxygen atoms in total. The van der Waals surface area contributed by atoms with Crippen molar-refractivity contribution >= 4 is 11.0 Å². The Morgan fingerprint density at radius 2 is 2.10 bits per heavy atom. The molecule has 0 bridgehead atoms. The van der Waals surface area contributed by atoms with Gasteiger partial charge in [-0.05, 0) is 56.8 Å². The van der Waals surface area contributed by atoms with Gasteiger partial charge < -0.3 is 19.7 Å². The highest BCUT2D eigenvalue weighted by Crippen LogP contribution is 2.35. The van der Waals surface area contributed by atoms with Crippen LogP contribution >= 0.6 is 0 Å². The first-order chi connectivity index (χ1) is 10.2. The number of fused-ring (bicyclic) bond motifs is 2. The highest BCUT2D eigenvalue weighted by Gasteiger charge is 2.39. The third-order valence-corrected chi connectivity index (χ3v) is 4.90. The maximum Gasteiger partial charge on any atom is 0.170 e. The average molecular weight is 288 g/mol. The zero-order chi connectivity index (χ0) is 14.4. The molecule has 2 fully saturated rings. The van der Waals surface area contributed by atoms with E-state index in [-0.39, 0.29) is 6.10 Å². The number of hydrogen-bond acceptors (Lipinski definition) is 5. The number of aromatic nitrogens is 1. The average Bonchev–Trinajstić information content (AvgIpc) is 3.06. The first-order valence-corrected chi connectivity index (χ1v) is 7.62. The Labute approximate surface area is 123 Å². The molecule has 2 aromatic rings. The lowest BCUT2D eigenvalue weighted by Gasteiger charge is -2.35. The summed E-state index contributed by atoms with van der Waals surface area (Å²) in [6, 6.07) is 5.75. The molecule has 4 atom stereocenters. The fourth-order valence-corrected chi connectivity index (χ4v) is 3.68. The summed E-state index contributed by atoms with van der Waals surface area (Å²) in [6.45, 7) is 3.99. The summed E-state index contributed by atoms with van der Waals surface area (Å²) in [5, 5.41) is 18.7. The molecule has 1 aromatic carbocycles. The number of hydrogen-bond donors (Lipinski definition) is 2. The molecule has 1 aliphatic heterocycles. The molecule has 0 radical (unpaired) electrons. The molecule has 112 valence electrons. The van der Waals surface area contributed by atoms with Gasteiger partial charge in [0.25, 0.3) is 0 Å². The molecule has 21 heavy (non-hydrogen) atoms. The third kappa shape index (κ3) is 2.30. The number of aliphatic hydroxyl groups is 1. The molecule has 1 saturated heterocycles. The van der Waals surface area contributed by atoms with Crippen molar-refractivity contribution in [1.82, 2.24) is 10.5 Å². The van der Waals surface area contributed by atoms with Crippen molar-refractivity contribution < 1.29 is 14.4 Å². The van der Waals surface area contributed by atoms with E-state index in [1.54, 1.807) is 0 Å². The molecule has 2 aliphatic rings. The second-order valence-corrected chi connectivity index (χ2v) is 6.30. The van der Waals surface area contributed by atoms with Crippen LogP contribution in [0, 0.1) is 18.8 Å². The first kappa shape index (κ1) is 13.1. The second-order valence-electron chi connectivity index (χ2n) is 6.30. The predicted octanol–water partition coefficient (Wildman–Crippen LogP) is 1.87. The van der Waals surface area contributed by atoms with E-state index >= 15 is 0 Å². The van der Waals surface area contributed by atoms with Crippen molar-refractivity contribution in [2.45, 2.75) is 32.0 Å². The summed E-state index contributed by atoms with van der Waals surface area (Å²) in [6.07, 6.45) is 1.21. The van der Waals surface area contributed by atoms with E-state index in [9.17, 15) is 5.11 Å². The number of benzene rings is 1. The molecule has 0 spiro atoms. The van der Waals surface area contributed by atoms with Crippen LogP contribution in [0.4, 0.5) is 0 Å². The Morgan fingerprint density at radius 1 is 1.29 bits per heavy atom. The standard InChI is InChI=1S/C16H20N2O3/c1-9-13-3-2-12(6-15(13)21-18-9)20-16-5-11-8-17-7-10(11)4-14(16)19/h2-3,6,10-11,14,16-17,19H,4-5,7-8H2,1H3/t10-,11+,14+,16+/m0/s1. The quantitative estimate of drug-likeness (QED) is 0.883. The van der Waals surface area contributed by atoms with E-state index in [2.05, 4.69) is 10.5 Å². The minimum atomic E-state index is -0.390. The van der Waals surface area contributed by atoms with Gasteiger partial charge in [0.1, 0.15) is 11.9 Å². The summed E-state index contributed by atoms with van der Waals surface area (Å²) >= 11 is 0. The maximum atomic E-state index is 10.3. The topological polar surface area (TPSA) is 67.5 Å². The lowest BCUT2D eigenvalue weighted by atomic mass is 9.78. The highest BCUT2D eigenvalue weighted by molar-refractivity contribution is 5.80. The van der Waals surface area contributed by atoms with Gasteiger partial charge in [0, 0.05) is 11.5 Å². The lowest BCUT2D eigenvalue weighted by molar-refractivity contribution is -0.0231. The first-order valence-electron chi connectivity index (χ1n) is 7.62. The number of nitrogens with one attached hydrogen (secondary N) is 1. The summed E-state index contributed by atoms with van der Waals surface area (Å²) in [5.41, 5.74) is 1.62. The molecule has 2 heterocycles. The largest absolute Gasteiger partial charge is 0.488 e. The van der Waals surface area contributed by atoms with E-state index in [0.29, 0.717) is 11.8 Å². The van der Waals surface area contributed by atoms with Crippen LogP contribution in [0.25, 0.3) is 11.0 Å². The van der Waals surface area contributed by atoms with Gasteiger partial charge in [-0.1, -0.05) is 5.16 Å². The zero-order valence-electron chi connectivity index (χ0n) is 12.1. The van der Waals surface area contributed by atoms with E-state index in [1.165, 1.54) is 0 Å². The second kappa shape index (κ2) is 5.00. The fraction of sp³-hybridized carbons (Fsp3) is 0.562. The lowest BCUT2D eigenvalue weighted by Crippen LogP contribution is -2.42. The Balaban J connectivity index is 1.53. The van der Waals surface area contributed by atoms with Crippen LogP contribution in [0.1, 0.15) is 18.5 Å². The van der Waals surface area contributed by atoms with Crippen LogP contribution in [0.2, 0.25) is 0 Å². The molecule has 4 rings (SSSR count). The van der Waals surface area contributed by atoms with Crippen LogP contribution in [0.3, 0.4) is 0 Å². The van der Waals surface area contributed by atoms with Crippen LogP contribution in [-0.2, 0) is 0 Å². The minimum absolute atomic E-state index is 0.132. The van der Waals surface area contributed by atoms with E-state index in [1.807, 2.05) is 25.1 Å². The molecular formula is C16H20N2O3. The van der Waals surface area contributed by atoms with Gasteiger partial charge in [0.05, 0.1) is 11.8 Å². The van der Waals surface area contributed by atoms with Gasteiger partial charge >= 0.3 is 0 Å².